The molecule has 0 saturated carbocycles. The van der Waals surface area contributed by atoms with Crippen LogP contribution in [0.25, 0.3) is 0 Å². The Labute approximate surface area is 174 Å². The van der Waals surface area contributed by atoms with Crippen molar-refractivity contribution in [2.45, 2.75) is 21.2 Å². The van der Waals surface area contributed by atoms with Crippen LogP contribution in [0.4, 0.5) is 4.79 Å². The molecular formula is C17H24Cl3N3O2S. The molecule has 1 aliphatic heterocycles. The molecule has 0 bridgehead atoms. The minimum Gasteiger partial charge on any atom is -0.445 e. The zero-order valence-electron chi connectivity index (χ0n) is 14.5. The number of piperazine rings is 1. The number of amides is 1. The summed E-state index contributed by atoms with van der Waals surface area (Å²) in [5.74, 6) is 0.896. The molecule has 9 heteroatoms. The average Bonchev–Trinajstić information content (AvgIpc) is 2.63. The van der Waals surface area contributed by atoms with E-state index >= 15 is 0 Å². The number of rotatable bonds is 7. The summed E-state index contributed by atoms with van der Waals surface area (Å²) in [6.07, 6.45) is 0.490. The van der Waals surface area contributed by atoms with Gasteiger partial charge in [-0.15, -0.1) is 11.8 Å². The summed E-state index contributed by atoms with van der Waals surface area (Å²) >= 11 is 18.5. The molecule has 5 nitrogen and oxygen atoms in total. The largest absolute Gasteiger partial charge is 0.445 e. The highest BCUT2D eigenvalue weighted by molar-refractivity contribution is 7.99. The highest BCUT2D eigenvalue weighted by Gasteiger charge is 2.26. The summed E-state index contributed by atoms with van der Waals surface area (Å²) < 4.78 is 3.43. The molecule has 0 spiro atoms. The standard InChI is InChI=1S/C17H24Cl3N3O2S/c18-17(19,20)13-25-16(24)23-10-8-22(9-11-23)7-6-14(21)12-26-15-4-2-1-3-5-15/h1-5,14H,6-13,21H2. The molecule has 0 radical (unpaired) electrons. The van der Waals surface area contributed by atoms with Crippen molar-refractivity contribution in [3.8, 4) is 0 Å². The predicted octanol–water partition coefficient (Wildman–Crippen LogP) is 3.62. The Kier molecular flexibility index (Phi) is 9.14. The summed E-state index contributed by atoms with van der Waals surface area (Å²) in [5, 5.41) is 0. The molecule has 146 valence electrons. The number of alkyl halides is 3. The Morgan fingerprint density at radius 3 is 2.46 bits per heavy atom. The topological polar surface area (TPSA) is 58.8 Å². The van der Waals surface area contributed by atoms with E-state index < -0.39 is 9.89 Å². The third kappa shape index (κ3) is 8.55. The van der Waals surface area contributed by atoms with Crippen molar-refractivity contribution < 1.29 is 9.53 Å². The van der Waals surface area contributed by atoms with Crippen molar-refractivity contribution in [2.24, 2.45) is 5.73 Å². The Balaban J connectivity index is 1.60. The van der Waals surface area contributed by atoms with E-state index in [1.165, 1.54) is 4.90 Å². The number of halogens is 3. The SMILES string of the molecule is NC(CCN1CCN(C(=O)OCC(Cl)(Cl)Cl)CC1)CSc1ccccc1. The molecule has 1 atom stereocenters. The maximum absolute atomic E-state index is 11.9. The quantitative estimate of drug-likeness (QED) is 0.518. The van der Waals surface area contributed by atoms with Crippen molar-refractivity contribution in [2.75, 3.05) is 45.1 Å². The molecule has 0 aromatic heterocycles. The normalized spacial score (nSPS) is 17.2. The first kappa shape index (κ1) is 21.9. The van der Waals surface area contributed by atoms with Crippen LogP contribution in [0.5, 0.6) is 0 Å². The van der Waals surface area contributed by atoms with Crippen molar-refractivity contribution in [1.29, 1.82) is 0 Å². The second-order valence-electron chi connectivity index (χ2n) is 6.17. The number of ether oxygens (including phenoxy) is 1. The van der Waals surface area contributed by atoms with Gasteiger partial charge >= 0.3 is 6.09 Å². The molecule has 1 heterocycles. The molecule has 2 N–H and O–H groups in total. The third-order valence-corrected chi connectivity index (χ3v) is 5.54. The van der Waals surface area contributed by atoms with Gasteiger partial charge in [0.2, 0.25) is 3.79 Å². The minimum absolute atomic E-state index is 0.146. The molecule has 1 fully saturated rings. The van der Waals surface area contributed by atoms with Gasteiger partial charge in [0.25, 0.3) is 0 Å². The first-order chi connectivity index (χ1) is 12.3. The van der Waals surface area contributed by atoms with E-state index in [0.717, 1.165) is 31.8 Å². The maximum atomic E-state index is 11.9. The molecule has 26 heavy (non-hydrogen) atoms. The predicted molar refractivity (Wildman–Crippen MR) is 109 cm³/mol. The van der Waals surface area contributed by atoms with Crippen LogP contribution in [0.3, 0.4) is 0 Å². The zero-order chi connectivity index (χ0) is 19.0. The van der Waals surface area contributed by atoms with Crippen LogP contribution >= 0.6 is 46.6 Å². The monoisotopic (exact) mass is 439 g/mol. The highest BCUT2D eigenvalue weighted by Crippen LogP contribution is 2.26. The van der Waals surface area contributed by atoms with Gasteiger partial charge in [0, 0.05) is 42.9 Å². The fourth-order valence-corrected chi connectivity index (χ4v) is 3.63. The van der Waals surface area contributed by atoms with Crippen LogP contribution < -0.4 is 5.73 Å². The molecule has 1 amide bonds. The summed E-state index contributed by atoms with van der Waals surface area (Å²) in [4.78, 5) is 17.1. The first-order valence-corrected chi connectivity index (χ1v) is 10.6. The van der Waals surface area contributed by atoms with Crippen LogP contribution in [-0.4, -0.2) is 70.8 Å². The molecular weight excluding hydrogens is 417 g/mol. The van der Waals surface area contributed by atoms with Gasteiger partial charge in [0.15, 0.2) is 0 Å². The van der Waals surface area contributed by atoms with Crippen molar-refractivity contribution in [3.63, 3.8) is 0 Å². The number of benzene rings is 1. The van der Waals surface area contributed by atoms with Gasteiger partial charge in [0.1, 0.15) is 6.61 Å². The van der Waals surface area contributed by atoms with Crippen LogP contribution in [0.15, 0.2) is 35.2 Å². The fraction of sp³-hybridized carbons (Fsp3) is 0.588. The van der Waals surface area contributed by atoms with E-state index in [2.05, 4.69) is 17.0 Å². The first-order valence-electron chi connectivity index (χ1n) is 8.48. The Morgan fingerprint density at radius 1 is 1.19 bits per heavy atom. The maximum Gasteiger partial charge on any atom is 0.409 e. The lowest BCUT2D eigenvalue weighted by Crippen LogP contribution is -2.49. The van der Waals surface area contributed by atoms with Gasteiger partial charge in [-0.25, -0.2) is 4.79 Å². The van der Waals surface area contributed by atoms with E-state index in [9.17, 15) is 4.79 Å². The lowest BCUT2D eigenvalue weighted by atomic mass is 10.2. The number of hydrogen-bond donors (Lipinski definition) is 1. The van der Waals surface area contributed by atoms with Crippen LogP contribution in [0.1, 0.15) is 6.42 Å². The van der Waals surface area contributed by atoms with Crippen molar-refractivity contribution in [3.05, 3.63) is 30.3 Å². The Bertz CT molecular complexity index is 552. The molecule has 2 rings (SSSR count). The second kappa shape index (κ2) is 10.8. The second-order valence-corrected chi connectivity index (χ2v) is 9.78. The molecule has 1 aliphatic rings. The van der Waals surface area contributed by atoms with Gasteiger partial charge in [-0.1, -0.05) is 53.0 Å². The van der Waals surface area contributed by atoms with E-state index in [1.807, 2.05) is 18.2 Å². The van der Waals surface area contributed by atoms with Crippen LogP contribution in [-0.2, 0) is 4.74 Å². The minimum atomic E-state index is -1.58. The van der Waals surface area contributed by atoms with Crippen LogP contribution in [0, 0.1) is 0 Å². The lowest BCUT2D eigenvalue weighted by molar-refractivity contribution is 0.0768. The number of carbonyl (C=O) groups excluding carboxylic acids is 1. The van der Waals surface area contributed by atoms with Gasteiger partial charge in [-0.3, -0.25) is 4.90 Å². The summed E-state index contributed by atoms with van der Waals surface area (Å²) in [6, 6.07) is 10.4. The molecule has 1 unspecified atom stereocenters. The van der Waals surface area contributed by atoms with Crippen molar-refractivity contribution >= 4 is 52.7 Å². The number of hydrogen-bond acceptors (Lipinski definition) is 5. The van der Waals surface area contributed by atoms with Crippen molar-refractivity contribution in [1.82, 2.24) is 9.80 Å². The Morgan fingerprint density at radius 2 is 1.85 bits per heavy atom. The molecule has 0 aliphatic carbocycles. The number of nitrogens with zero attached hydrogens (tertiary/aromatic N) is 2. The van der Waals surface area contributed by atoms with E-state index in [4.69, 9.17) is 45.3 Å². The van der Waals surface area contributed by atoms with E-state index in [0.29, 0.717) is 13.1 Å². The van der Waals surface area contributed by atoms with Gasteiger partial charge in [-0.2, -0.15) is 0 Å². The molecule has 1 aromatic carbocycles. The van der Waals surface area contributed by atoms with Gasteiger partial charge in [-0.05, 0) is 25.1 Å². The summed E-state index contributed by atoms with van der Waals surface area (Å²) in [7, 11) is 0. The lowest BCUT2D eigenvalue weighted by Gasteiger charge is -2.34. The highest BCUT2D eigenvalue weighted by atomic mass is 35.6. The summed E-state index contributed by atoms with van der Waals surface area (Å²) in [6.45, 7) is 3.47. The summed E-state index contributed by atoms with van der Waals surface area (Å²) in [5.41, 5.74) is 6.22. The number of carbonyl (C=O) groups is 1. The fourth-order valence-electron chi connectivity index (χ4n) is 2.54. The van der Waals surface area contributed by atoms with Crippen LogP contribution in [0.2, 0.25) is 0 Å². The zero-order valence-corrected chi connectivity index (χ0v) is 17.5. The molecule has 1 aromatic rings. The number of nitrogens with two attached hydrogens (primary N) is 1. The Hall–Kier alpha value is -0.370. The molecule has 1 saturated heterocycles. The van der Waals surface area contributed by atoms with Gasteiger partial charge < -0.3 is 15.4 Å². The smallest absolute Gasteiger partial charge is 0.409 e. The van der Waals surface area contributed by atoms with E-state index in [-0.39, 0.29) is 12.6 Å². The van der Waals surface area contributed by atoms with Gasteiger partial charge in [0.05, 0.1) is 0 Å². The third-order valence-electron chi connectivity index (χ3n) is 4.01. The average molecular weight is 441 g/mol. The number of thioether (sulfide) groups is 1. The van der Waals surface area contributed by atoms with E-state index in [1.54, 1.807) is 16.7 Å².